The molecule has 1 atom stereocenters. The molecule has 2 heterocycles. The van der Waals surface area contributed by atoms with Crippen molar-refractivity contribution in [3.63, 3.8) is 0 Å². The van der Waals surface area contributed by atoms with Gasteiger partial charge in [0.1, 0.15) is 0 Å². The zero-order valence-corrected chi connectivity index (χ0v) is 11.2. The lowest BCUT2D eigenvalue weighted by molar-refractivity contribution is 0.313. The van der Waals surface area contributed by atoms with Crippen LogP contribution in [-0.4, -0.2) is 35.6 Å². The number of likely N-dealkylation sites (tertiary alicyclic amines) is 1. The molecule has 18 heavy (non-hydrogen) atoms. The van der Waals surface area contributed by atoms with Gasteiger partial charge in [0.05, 0.1) is 0 Å². The smallest absolute Gasteiger partial charge is 0.0315 e. The van der Waals surface area contributed by atoms with Gasteiger partial charge in [0, 0.05) is 31.5 Å². The average Bonchev–Trinajstić information content (AvgIpc) is 3.10. The summed E-state index contributed by atoms with van der Waals surface area (Å²) in [7, 11) is 0. The normalized spacial score (nSPS) is 24.6. The minimum Gasteiger partial charge on any atom is -0.314 e. The van der Waals surface area contributed by atoms with Crippen molar-refractivity contribution in [3.05, 3.63) is 29.6 Å². The summed E-state index contributed by atoms with van der Waals surface area (Å²) in [6, 6.07) is 2.96. The third-order valence-corrected chi connectivity index (χ3v) is 4.18. The maximum Gasteiger partial charge on any atom is 0.0315 e. The van der Waals surface area contributed by atoms with E-state index in [-0.39, 0.29) is 0 Å². The molecule has 0 spiro atoms. The van der Waals surface area contributed by atoms with E-state index in [4.69, 9.17) is 0 Å². The Hall–Kier alpha value is -0.930. The predicted octanol–water partition coefficient (Wildman–Crippen LogP) is 1.96. The van der Waals surface area contributed by atoms with Gasteiger partial charge in [-0.2, -0.15) is 0 Å². The van der Waals surface area contributed by atoms with E-state index in [1.807, 2.05) is 12.4 Å². The van der Waals surface area contributed by atoms with Crippen LogP contribution in [0.3, 0.4) is 0 Å². The summed E-state index contributed by atoms with van der Waals surface area (Å²) in [6.45, 7) is 6.95. The van der Waals surface area contributed by atoms with Crippen LogP contribution in [0.2, 0.25) is 0 Å². The second kappa shape index (κ2) is 5.37. The Morgan fingerprint density at radius 3 is 3.06 bits per heavy atom. The van der Waals surface area contributed by atoms with Crippen LogP contribution in [0.15, 0.2) is 18.5 Å². The van der Waals surface area contributed by atoms with Crippen LogP contribution in [0.4, 0.5) is 0 Å². The van der Waals surface area contributed by atoms with Crippen molar-refractivity contribution in [1.82, 2.24) is 15.2 Å². The number of nitrogens with one attached hydrogen (secondary N) is 1. The fraction of sp³-hybridized carbons (Fsp3) is 0.667. The van der Waals surface area contributed by atoms with Gasteiger partial charge >= 0.3 is 0 Å². The summed E-state index contributed by atoms with van der Waals surface area (Å²) in [5.74, 6) is 0.850. The topological polar surface area (TPSA) is 28.2 Å². The van der Waals surface area contributed by atoms with Crippen LogP contribution in [0, 0.1) is 12.8 Å². The molecule has 98 valence electrons. The van der Waals surface area contributed by atoms with Crippen molar-refractivity contribution in [2.45, 2.75) is 38.8 Å². The Labute approximate surface area is 110 Å². The molecule has 3 rings (SSSR count). The van der Waals surface area contributed by atoms with Gasteiger partial charge in [-0.3, -0.25) is 9.88 Å². The number of hydrogen-bond acceptors (Lipinski definition) is 3. The van der Waals surface area contributed by atoms with Crippen LogP contribution in [-0.2, 0) is 6.54 Å². The highest BCUT2D eigenvalue weighted by atomic mass is 15.1. The first kappa shape index (κ1) is 12.1. The van der Waals surface area contributed by atoms with Crippen LogP contribution < -0.4 is 5.32 Å². The average molecular weight is 245 g/mol. The second-order valence-electron chi connectivity index (χ2n) is 5.87. The highest BCUT2D eigenvalue weighted by molar-refractivity contribution is 5.21. The van der Waals surface area contributed by atoms with Crippen molar-refractivity contribution in [2.24, 2.45) is 5.92 Å². The standard InChI is InChI=1S/C15H23N3/c1-12-4-6-16-9-14(12)11-18-7-5-13(10-18)8-17-15-2-3-15/h4,6,9,13,15,17H,2-3,5,7-8,10-11H2,1H3. The predicted molar refractivity (Wildman–Crippen MR) is 73.4 cm³/mol. The maximum absolute atomic E-state index is 4.24. The van der Waals surface area contributed by atoms with Gasteiger partial charge in [-0.05, 0) is 62.4 Å². The van der Waals surface area contributed by atoms with E-state index in [1.165, 1.54) is 50.0 Å². The molecule has 1 saturated heterocycles. The lowest BCUT2D eigenvalue weighted by atomic mass is 10.1. The minimum atomic E-state index is 0.847. The zero-order valence-electron chi connectivity index (χ0n) is 11.2. The summed E-state index contributed by atoms with van der Waals surface area (Å²) in [5, 5.41) is 3.66. The van der Waals surface area contributed by atoms with Crippen LogP contribution in [0.1, 0.15) is 30.4 Å². The molecule has 0 bridgehead atoms. The largest absolute Gasteiger partial charge is 0.314 e. The first-order valence-electron chi connectivity index (χ1n) is 7.16. The minimum absolute atomic E-state index is 0.847. The van der Waals surface area contributed by atoms with Crippen molar-refractivity contribution in [2.75, 3.05) is 19.6 Å². The molecular formula is C15H23N3. The molecule has 1 aliphatic carbocycles. The Morgan fingerprint density at radius 1 is 1.39 bits per heavy atom. The Balaban J connectivity index is 1.48. The Morgan fingerprint density at radius 2 is 2.28 bits per heavy atom. The first-order chi connectivity index (χ1) is 8.81. The molecule has 3 nitrogen and oxygen atoms in total. The van der Waals surface area contributed by atoms with Crippen molar-refractivity contribution >= 4 is 0 Å². The van der Waals surface area contributed by atoms with Gasteiger partial charge < -0.3 is 5.32 Å². The van der Waals surface area contributed by atoms with Gasteiger partial charge in [-0.1, -0.05) is 0 Å². The first-order valence-corrected chi connectivity index (χ1v) is 7.16. The molecular weight excluding hydrogens is 222 g/mol. The van der Waals surface area contributed by atoms with E-state index in [0.717, 1.165) is 18.5 Å². The second-order valence-corrected chi connectivity index (χ2v) is 5.87. The molecule has 2 fully saturated rings. The fourth-order valence-electron chi connectivity index (χ4n) is 2.75. The van der Waals surface area contributed by atoms with Crippen molar-refractivity contribution in [1.29, 1.82) is 0 Å². The number of pyridine rings is 1. The van der Waals surface area contributed by atoms with Gasteiger partial charge in [0.15, 0.2) is 0 Å². The highest BCUT2D eigenvalue weighted by Gasteiger charge is 2.26. The molecule has 0 radical (unpaired) electrons. The molecule has 2 aliphatic rings. The number of aryl methyl sites for hydroxylation is 1. The molecule has 1 aromatic heterocycles. The summed E-state index contributed by atoms with van der Waals surface area (Å²) in [4.78, 5) is 6.81. The van der Waals surface area contributed by atoms with Crippen LogP contribution in [0.5, 0.6) is 0 Å². The molecule has 1 saturated carbocycles. The molecule has 0 aromatic carbocycles. The monoisotopic (exact) mass is 245 g/mol. The van der Waals surface area contributed by atoms with E-state index < -0.39 is 0 Å². The van der Waals surface area contributed by atoms with E-state index in [9.17, 15) is 0 Å². The maximum atomic E-state index is 4.24. The Kier molecular flexibility index (Phi) is 3.62. The third-order valence-electron chi connectivity index (χ3n) is 4.18. The van der Waals surface area contributed by atoms with E-state index in [0.29, 0.717) is 0 Å². The molecule has 1 N–H and O–H groups in total. The quantitative estimate of drug-likeness (QED) is 0.859. The number of nitrogens with zero attached hydrogens (tertiary/aromatic N) is 2. The van der Waals surface area contributed by atoms with E-state index in [1.54, 1.807) is 0 Å². The number of aromatic nitrogens is 1. The van der Waals surface area contributed by atoms with Crippen molar-refractivity contribution < 1.29 is 0 Å². The lowest BCUT2D eigenvalue weighted by Crippen LogP contribution is -2.27. The SMILES string of the molecule is Cc1ccncc1CN1CCC(CNC2CC2)C1. The number of rotatable bonds is 5. The van der Waals surface area contributed by atoms with E-state index in [2.05, 4.69) is 28.2 Å². The lowest BCUT2D eigenvalue weighted by Gasteiger charge is -2.17. The van der Waals surface area contributed by atoms with Gasteiger partial charge in [0.2, 0.25) is 0 Å². The Bertz CT molecular complexity index is 400. The molecule has 0 amide bonds. The summed E-state index contributed by atoms with van der Waals surface area (Å²) in [5.41, 5.74) is 2.75. The summed E-state index contributed by atoms with van der Waals surface area (Å²) < 4.78 is 0. The third kappa shape index (κ3) is 3.09. The molecule has 1 aromatic rings. The highest BCUT2D eigenvalue weighted by Crippen LogP contribution is 2.22. The van der Waals surface area contributed by atoms with E-state index >= 15 is 0 Å². The summed E-state index contributed by atoms with van der Waals surface area (Å²) in [6.07, 6.45) is 8.03. The fourth-order valence-corrected chi connectivity index (χ4v) is 2.75. The zero-order chi connectivity index (χ0) is 12.4. The number of hydrogen-bond donors (Lipinski definition) is 1. The van der Waals surface area contributed by atoms with Crippen LogP contribution in [0.25, 0.3) is 0 Å². The molecule has 1 unspecified atom stereocenters. The van der Waals surface area contributed by atoms with Gasteiger partial charge in [-0.25, -0.2) is 0 Å². The van der Waals surface area contributed by atoms with Gasteiger partial charge in [-0.15, -0.1) is 0 Å². The van der Waals surface area contributed by atoms with Crippen molar-refractivity contribution in [3.8, 4) is 0 Å². The molecule has 1 aliphatic heterocycles. The van der Waals surface area contributed by atoms with Crippen LogP contribution >= 0.6 is 0 Å². The summed E-state index contributed by atoms with van der Waals surface area (Å²) >= 11 is 0. The van der Waals surface area contributed by atoms with Gasteiger partial charge in [0.25, 0.3) is 0 Å². The molecule has 3 heteroatoms.